The van der Waals surface area contributed by atoms with E-state index in [9.17, 15) is 4.79 Å². The van der Waals surface area contributed by atoms with E-state index in [-0.39, 0.29) is 11.7 Å². The fraction of sp³-hybridized carbons (Fsp3) is 0.750. The Bertz CT molecular complexity index is 351. The van der Waals surface area contributed by atoms with Gasteiger partial charge >= 0.3 is 0 Å². The molecule has 0 aliphatic heterocycles. The Morgan fingerprint density at radius 2 is 1.88 bits per heavy atom. The second kappa shape index (κ2) is 5.23. The molecule has 4 nitrogen and oxygen atoms in total. The Labute approximate surface area is 96.0 Å². The van der Waals surface area contributed by atoms with Crippen LogP contribution in [-0.4, -0.2) is 20.8 Å². The first-order valence-electron chi connectivity index (χ1n) is 6.18. The lowest BCUT2D eigenvalue weighted by atomic mass is 9.87. The first kappa shape index (κ1) is 11.3. The Morgan fingerprint density at radius 1 is 1.25 bits per heavy atom. The van der Waals surface area contributed by atoms with Gasteiger partial charge < -0.3 is 0 Å². The van der Waals surface area contributed by atoms with Crippen LogP contribution in [0.1, 0.15) is 55.4 Å². The van der Waals surface area contributed by atoms with Crippen LogP contribution in [-0.2, 0) is 7.05 Å². The zero-order valence-corrected chi connectivity index (χ0v) is 9.85. The molecule has 0 bridgehead atoms. The Balaban J connectivity index is 2.05. The molecule has 0 spiro atoms. The van der Waals surface area contributed by atoms with Gasteiger partial charge in [-0.25, -0.2) is 4.68 Å². The first-order valence-corrected chi connectivity index (χ1v) is 6.18. The second-order valence-electron chi connectivity index (χ2n) is 4.65. The van der Waals surface area contributed by atoms with Crippen LogP contribution in [0, 0.1) is 5.92 Å². The number of rotatable bonds is 2. The lowest BCUT2D eigenvalue weighted by Crippen LogP contribution is -2.19. The van der Waals surface area contributed by atoms with Crippen molar-refractivity contribution >= 4 is 5.78 Å². The summed E-state index contributed by atoms with van der Waals surface area (Å²) in [7, 11) is 1.78. The molecule has 0 saturated heterocycles. The van der Waals surface area contributed by atoms with Crippen molar-refractivity contribution < 1.29 is 4.79 Å². The predicted octanol–water partition coefficient (Wildman–Crippen LogP) is 2.36. The lowest BCUT2D eigenvalue weighted by Gasteiger charge is -2.17. The van der Waals surface area contributed by atoms with Crippen LogP contribution < -0.4 is 0 Å². The maximum atomic E-state index is 12.2. The molecule has 88 valence electrons. The van der Waals surface area contributed by atoms with E-state index in [2.05, 4.69) is 10.3 Å². The number of nitrogens with zero attached hydrogens (tertiary/aromatic N) is 3. The highest BCUT2D eigenvalue weighted by atomic mass is 16.1. The Kier molecular flexibility index (Phi) is 3.70. The summed E-state index contributed by atoms with van der Waals surface area (Å²) in [6.07, 6.45) is 9.88. The van der Waals surface area contributed by atoms with Crippen molar-refractivity contribution in [1.82, 2.24) is 15.0 Å². The normalized spacial score (nSPS) is 19.1. The number of hydrogen-bond acceptors (Lipinski definition) is 3. The Hall–Kier alpha value is -1.19. The molecule has 0 N–H and O–H groups in total. The van der Waals surface area contributed by atoms with Crippen molar-refractivity contribution in [3.05, 3.63) is 11.9 Å². The summed E-state index contributed by atoms with van der Waals surface area (Å²) in [5.41, 5.74) is 0.658. The monoisotopic (exact) mass is 221 g/mol. The maximum absolute atomic E-state index is 12.2. The van der Waals surface area contributed by atoms with E-state index in [1.807, 2.05) is 0 Å². The van der Waals surface area contributed by atoms with Crippen molar-refractivity contribution in [3.63, 3.8) is 0 Å². The van der Waals surface area contributed by atoms with Gasteiger partial charge in [0, 0.05) is 13.0 Å². The van der Waals surface area contributed by atoms with Crippen LogP contribution in [0.3, 0.4) is 0 Å². The molecule has 16 heavy (non-hydrogen) atoms. The number of aryl methyl sites for hydroxylation is 1. The summed E-state index contributed by atoms with van der Waals surface area (Å²) in [6, 6.07) is 0. The van der Waals surface area contributed by atoms with Crippen LogP contribution >= 0.6 is 0 Å². The summed E-state index contributed by atoms with van der Waals surface area (Å²) >= 11 is 0. The van der Waals surface area contributed by atoms with Gasteiger partial charge in [0.15, 0.2) is 5.78 Å². The average molecular weight is 221 g/mol. The van der Waals surface area contributed by atoms with Gasteiger partial charge in [-0.2, -0.15) is 0 Å². The lowest BCUT2D eigenvalue weighted by molar-refractivity contribution is 0.0888. The summed E-state index contributed by atoms with van der Waals surface area (Å²) in [5.74, 6) is 0.423. The topological polar surface area (TPSA) is 47.8 Å². The third-order valence-electron chi connectivity index (χ3n) is 3.44. The molecule has 0 aromatic carbocycles. The summed E-state index contributed by atoms with van der Waals surface area (Å²) in [4.78, 5) is 12.2. The largest absolute Gasteiger partial charge is 0.292 e. The molecule has 1 aromatic heterocycles. The third-order valence-corrected chi connectivity index (χ3v) is 3.44. The fourth-order valence-corrected chi connectivity index (χ4v) is 2.44. The number of Topliss-reactive ketones (excluding diaryl/α,β-unsaturated/α-hetero) is 1. The minimum absolute atomic E-state index is 0.192. The van der Waals surface area contributed by atoms with Crippen molar-refractivity contribution in [1.29, 1.82) is 0 Å². The van der Waals surface area contributed by atoms with Gasteiger partial charge in [0.1, 0.15) is 5.69 Å². The minimum Gasteiger partial charge on any atom is -0.292 e. The number of carbonyl (C=O) groups excluding carboxylic acids is 1. The molecular weight excluding hydrogens is 202 g/mol. The molecule has 0 amide bonds. The van der Waals surface area contributed by atoms with Crippen LogP contribution in [0.4, 0.5) is 0 Å². The van der Waals surface area contributed by atoms with E-state index in [1.54, 1.807) is 17.9 Å². The maximum Gasteiger partial charge on any atom is 0.185 e. The Morgan fingerprint density at radius 3 is 2.44 bits per heavy atom. The van der Waals surface area contributed by atoms with Gasteiger partial charge in [-0.15, -0.1) is 5.10 Å². The van der Waals surface area contributed by atoms with Gasteiger partial charge in [0.2, 0.25) is 0 Å². The molecule has 0 unspecified atom stereocenters. The van der Waals surface area contributed by atoms with E-state index in [1.165, 1.54) is 32.1 Å². The molecule has 1 heterocycles. The van der Waals surface area contributed by atoms with Crippen LogP contribution in [0.15, 0.2) is 6.20 Å². The average Bonchev–Trinajstić information content (AvgIpc) is 2.63. The van der Waals surface area contributed by atoms with E-state index in [0.717, 1.165) is 12.8 Å². The van der Waals surface area contributed by atoms with E-state index in [4.69, 9.17) is 0 Å². The smallest absolute Gasteiger partial charge is 0.185 e. The predicted molar refractivity (Wildman–Crippen MR) is 61.1 cm³/mol. The fourth-order valence-electron chi connectivity index (χ4n) is 2.44. The van der Waals surface area contributed by atoms with Gasteiger partial charge in [0.25, 0.3) is 0 Å². The zero-order valence-electron chi connectivity index (χ0n) is 9.85. The number of carbonyl (C=O) groups is 1. The second-order valence-corrected chi connectivity index (χ2v) is 4.65. The van der Waals surface area contributed by atoms with Crippen LogP contribution in [0.25, 0.3) is 0 Å². The highest BCUT2D eigenvalue weighted by Gasteiger charge is 2.23. The van der Waals surface area contributed by atoms with Crippen molar-refractivity contribution in [2.24, 2.45) is 13.0 Å². The molecule has 1 saturated carbocycles. The first-order chi connectivity index (χ1) is 7.79. The molecule has 2 rings (SSSR count). The highest BCUT2D eigenvalue weighted by Crippen LogP contribution is 2.24. The van der Waals surface area contributed by atoms with E-state index >= 15 is 0 Å². The minimum atomic E-state index is 0.192. The van der Waals surface area contributed by atoms with Gasteiger partial charge in [-0.3, -0.25) is 4.79 Å². The molecule has 1 aliphatic rings. The van der Waals surface area contributed by atoms with Crippen LogP contribution in [0.2, 0.25) is 0 Å². The van der Waals surface area contributed by atoms with Crippen molar-refractivity contribution in [2.75, 3.05) is 0 Å². The summed E-state index contributed by atoms with van der Waals surface area (Å²) in [5, 5.41) is 7.59. The quantitative estimate of drug-likeness (QED) is 0.720. The van der Waals surface area contributed by atoms with Gasteiger partial charge in [-0.1, -0.05) is 37.3 Å². The van der Waals surface area contributed by atoms with Gasteiger partial charge in [-0.05, 0) is 12.8 Å². The number of aromatic nitrogens is 3. The van der Waals surface area contributed by atoms with Gasteiger partial charge in [0.05, 0.1) is 6.20 Å². The molecule has 0 atom stereocenters. The molecular formula is C12H19N3O. The molecule has 0 radical (unpaired) electrons. The molecule has 1 aromatic rings. The summed E-state index contributed by atoms with van der Waals surface area (Å²) < 4.78 is 1.58. The number of ketones is 1. The summed E-state index contributed by atoms with van der Waals surface area (Å²) in [6.45, 7) is 0. The number of hydrogen-bond donors (Lipinski definition) is 0. The van der Waals surface area contributed by atoms with Crippen molar-refractivity contribution in [2.45, 2.75) is 44.9 Å². The standard InChI is InChI=1S/C12H19N3O/c1-15-11(9-13-14-15)12(16)10-7-5-3-2-4-6-8-10/h9-10H,2-8H2,1H3. The molecule has 4 heteroatoms. The van der Waals surface area contributed by atoms with E-state index < -0.39 is 0 Å². The molecule has 1 aliphatic carbocycles. The zero-order chi connectivity index (χ0) is 11.4. The molecule has 1 fully saturated rings. The highest BCUT2D eigenvalue weighted by molar-refractivity contribution is 5.95. The third kappa shape index (κ3) is 2.49. The van der Waals surface area contributed by atoms with Crippen molar-refractivity contribution in [3.8, 4) is 0 Å². The SMILES string of the molecule is Cn1nncc1C(=O)C1CCCCCCC1. The van der Waals surface area contributed by atoms with E-state index in [0.29, 0.717) is 5.69 Å². The van der Waals surface area contributed by atoms with Crippen LogP contribution in [0.5, 0.6) is 0 Å².